The molecule has 7 heteroatoms. The van der Waals surface area contributed by atoms with Crippen molar-refractivity contribution in [1.82, 2.24) is 14.5 Å². The van der Waals surface area contributed by atoms with Crippen LogP contribution in [0.5, 0.6) is 5.75 Å². The van der Waals surface area contributed by atoms with Crippen LogP contribution in [-0.2, 0) is 7.05 Å². The average molecular weight is 336 g/mol. The molecule has 2 aromatic carbocycles. The molecule has 1 N–H and O–H groups in total. The molecule has 0 amide bonds. The molecule has 0 saturated carbocycles. The van der Waals surface area contributed by atoms with Gasteiger partial charge in [0.15, 0.2) is 11.4 Å². The number of hydrogen-bond donors (Lipinski definition) is 1. The van der Waals surface area contributed by atoms with Crippen molar-refractivity contribution in [2.24, 2.45) is 7.05 Å². The maximum Gasteiger partial charge on any atom is 0.302 e. The van der Waals surface area contributed by atoms with E-state index in [4.69, 9.17) is 9.15 Å². The number of methoxy groups -OCH3 is 1. The summed E-state index contributed by atoms with van der Waals surface area (Å²) >= 11 is 0. The van der Waals surface area contributed by atoms with E-state index < -0.39 is 0 Å². The molecule has 7 nitrogen and oxygen atoms in total. The number of fused-ring (bicyclic) bond motifs is 2. The number of Topliss-reactive ketones (excluding diaryl/α,β-unsaturated/α-hetero) is 1. The molecule has 25 heavy (non-hydrogen) atoms. The fourth-order valence-corrected chi connectivity index (χ4v) is 2.71. The minimum Gasteiger partial charge on any atom is -0.497 e. The van der Waals surface area contributed by atoms with Crippen LogP contribution in [0.3, 0.4) is 0 Å². The second-order valence-electron chi connectivity index (χ2n) is 5.73. The highest BCUT2D eigenvalue weighted by Crippen LogP contribution is 2.27. The second-order valence-corrected chi connectivity index (χ2v) is 5.73. The minimum absolute atomic E-state index is 0.00922. The number of imidazole rings is 1. The van der Waals surface area contributed by atoms with Gasteiger partial charge in [-0.05, 0) is 37.3 Å². The van der Waals surface area contributed by atoms with E-state index in [1.807, 2.05) is 29.8 Å². The molecule has 0 bridgehead atoms. The van der Waals surface area contributed by atoms with E-state index in [0.717, 1.165) is 16.6 Å². The first-order valence-corrected chi connectivity index (χ1v) is 7.74. The molecule has 0 unspecified atom stereocenters. The lowest BCUT2D eigenvalue weighted by Crippen LogP contribution is -1.99. The van der Waals surface area contributed by atoms with Crippen molar-refractivity contribution in [3.63, 3.8) is 0 Å². The third kappa shape index (κ3) is 2.59. The Morgan fingerprint density at radius 3 is 2.76 bits per heavy atom. The molecule has 0 aliphatic heterocycles. The second kappa shape index (κ2) is 5.62. The number of rotatable bonds is 4. The van der Waals surface area contributed by atoms with Gasteiger partial charge in [-0.2, -0.15) is 4.98 Å². The fraction of sp³-hybridized carbons (Fsp3) is 0.167. The minimum atomic E-state index is 0.00922. The highest BCUT2D eigenvalue weighted by molar-refractivity contribution is 5.97. The molecule has 2 heterocycles. The number of anilines is 2. The summed E-state index contributed by atoms with van der Waals surface area (Å²) in [6.45, 7) is 1.54. The van der Waals surface area contributed by atoms with Gasteiger partial charge in [0.05, 0.1) is 18.1 Å². The van der Waals surface area contributed by atoms with E-state index in [2.05, 4.69) is 15.3 Å². The van der Waals surface area contributed by atoms with Crippen LogP contribution in [0.25, 0.3) is 22.1 Å². The van der Waals surface area contributed by atoms with E-state index in [1.165, 1.54) is 6.92 Å². The molecule has 2 aromatic heterocycles. The summed E-state index contributed by atoms with van der Waals surface area (Å²) < 4.78 is 12.8. The van der Waals surface area contributed by atoms with Crippen LogP contribution in [-0.4, -0.2) is 27.4 Å². The van der Waals surface area contributed by atoms with Gasteiger partial charge in [-0.3, -0.25) is 10.1 Å². The number of aryl methyl sites for hydroxylation is 1. The largest absolute Gasteiger partial charge is 0.497 e. The maximum absolute atomic E-state index is 11.5. The van der Waals surface area contributed by atoms with Gasteiger partial charge >= 0.3 is 6.01 Å². The number of oxazole rings is 1. The van der Waals surface area contributed by atoms with Crippen molar-refractivity contribution in [3.8, 4) is 5.75 Å². The molecular formula is C18H16N4O3. The number of ketones is 1. The summed E-state index contributed by atoms with van der Waals surface area (Å²) in [5.74, 6) is 1.29. The molecule has 4 rings (SSSR count). The molecule has 4 aromatic rings. The van der Waals surface area contributed by atoms with Crippen LogP contribution in [0.4, 0.5) is 12.0 Å². The standard InChI is InChI=1S/C18H16N4O3/c1-10(23)11-4-7-15-14(8-11)19-17(22(15)2)21-18-20-13-6-5-12(24-3)9-16(13)25-18/h4-9H,1-3H3,(H,19,20,21). The van der Waals surface area contributed by atoms with Gasteiger partial charge in [-0.15, -0.1) is 0 Å². The lowest BCUT2D eigenvalue weighted by Gasteiger charge is -2.01. The molecule has 0 atom stereocenters. The first-order chi connectivity index (χ1) is 12.0. The van der Waals surface area contributed by atoms with E-state index in [1.54, 1.807) is 25.3 Å². The van der Waals surface area contributed by atoms with Crippen LogP contribution in [0.2, 0.25) is 0 Å². The summed E-state index contributed by atoms with van der Waals surface area (Å²) in [6.07, 6.45) is 0. The smallest absolute Gasteiger partial charge is 0.302 e. The Morgan fingerprint density at radius 2 is 2.00 bits per heavy atom. The Hall–Kier alpha value is -3.35. The lowest BCUT2D eigenvalue weighted by atomic mass is 10.1. The highest BCUT2D eigenvalue weighted by Gasteiger charge is 2.13. The van der Waals surface area contributed by atoms with Crippen molar-refractivity contribution in [3.05, 3.63) is 42.0 Å². The van der Waals surface area contributed by atoms with Crippen molar-refractivity contribution >= 4 is 39.9 Å². The van der Waals surface area contributed by atoms with Crippen molar-refractivity contribution < 1.29 is 13.9 Å². The highest BCUT2D eigenvalue weighted by atomic mass is 16.5. The van der Waals surface area contributed by atoms with Crippen LogP contribution in [0, 0.1) is 0 Å². The molecule has 0 radical (unpaired) electrons. The SMILES string of the molecule is COc1ccc2nc(Nc3nc4cc(C(C)=O)ccc4n3C)oc2c1. The third-order valence-corrected chi connectivity index (χ3v) is 4.10. The van der Waals surface area contributed by atoms with E-state index in [0.29, 0.717) is 28.9 Å². The Morgan fingerprint density at radius 1 is 1.16 bits per heavy atom. The number of benzene rings is 2. The lowest BCUT2D eigenvalue weighted by molar-refractivity contribution is 0.101. The van der Waals surface area contributed by atoms with E-state index >= 15 is 0 Å². The average Bonchev–Trinajstić information content (AvgIpc) is 3.14. The molecule has 0 aliphatic carbocycles. The fourth-order valence-electron chi connectivity index (χ4n) is 2.71. The molecule has 0 aliphatic rings. The summed E-state index contributed by atoms with van der Waals surface area (Å²) in [6, 6.07) is 11.2. The number of carbonyl (C=O) groups excluding carboxylic acids is 1. The number of carbonyl (C=O) groups is 1. The maximum atomic E-state index is 11.5. The monoisotopic (exact) mass is 336 g/mol. The zero-order valence-corrected chi connectivity index (χ0v) is 14.0. The summed E-state index contributed by atoms with van der Waals surface area (Å²) in [4.78, 5) is 20.5. The van der Waals surface area contributed by atoms with Gasteiger partial charge in [-0.25, -0.2) is 4.98 Å². The van der Waals surface area contributed by atoms with Crippen LogP contribution in [0.1, 0.15) is 17.3 Å². The van der Waals surface area contributed by atoms with Crippen LogP contribution >= 0.6 is 0 Å². The molecular weight excluding hydrogens is 320 g/mol. The zero-order chi connectivity index (χ0) is 17.6. The summed E-state index contributed by atoms with van der Waals surface area (Å²) in [5.41, 5.74) is 3.62. The predicted octanol–water partition coefficient (Wildman–Crippen LogP) is 3.67. The Bertz CT molecular complexity index is 1110. The van der Waals surface area contributed by atoms with Gasteiger partial charge < -0.3 is 13.7 Å². The topological polar surface area (TPSA) is 82.2 Å². The van der Waals surface area contributed by atoms with Gasteiger partial charge in [0.2, 0.25) is 5.95 Å². The van der Waals surface area contributed by atoms with Gasteiger partial charge in [0, 0.05) is 18.7 Å². The van der Waals surface area contributed by atoms with Crippen molar-refractivity contribution in [2.45, 2.75) is 6.92 Å². The van der Waals surface area contributed by atoms with Crippen molar-refractivity contribution in [2.75, 3.05) is 12.4 Å². The zero-order valence-electron chi connectivity index (χ0n) is 14.0. The summed E-state index contributed by atoms with van der Waals surface area (Å²) in [7, 11) is 3.49. The normalized spacial score (nSPS) is 11.2. The van der Waals surface area contributed by atoms with Crippen molar-refractivity contribution in [1.29, 1.82) is 0 Å². The number of nitrogens with zero attached hydrogens (tertiary/aromatic N) is 3. The molecule has 126 valence electrons. The molecule has 0 fully saturated rings. The summed E-state index contributed by atoms with van der Waals surface area (Å²) in [5, 5.41) is 3.09. The van der Waals surface area contributed by atoms with Crippen LogP contribution < -0.4 is 10.1 Å². The van der Waals surface area contributed by atoms with E-state index in [9.17, 15) is 4.79 Å². The third-order valence-electron chi connectivity index (χ3n) is 4.10. The van der Waals surface area contributed by atoms with E-state index in [-0.39, 0.29) is 5.78 Å². The molecule has 0 saturated heterocycles. The predicted molar refractivity (Wildman–Crippen MR) is 94.6 cm³/mol. The number of ether oxygens (including phenoxy) is 1. The Kier molecular flexibility index (Phi) is 3.42. The number of hydrogen-bond acceptors (Lipinski definition) is 6. The van der Waals surface area contributed by atoms with Gasteiger partial charge in [0.1, 0.15) is 11.3 Å². The Labute approximate surface area is 143 Å². The quantitative estimate of drug-likeness (QED) is 0.573. The number of aromatic nitrogens is 3. The van der Waals surface area contributed by atoms with Gasteiger partial charge in [0.25, 0.3) is 0 Å². The number of nitrogens with one attached hydrogen (secondary N) is 1. The Balaban J connectivity index is 1.72. The van der Waals surface area contributed by atoms with Gasteiger partial charge in [-0.1, -0.05) is 0 Å². The first kappa shape index (κ1) is 15.2. The molecule has 0 spiro atoms. The van der Waals surface area contributed by atoms with Crippen LogP contribution in [0.15, 0.2) is 40.8 Å². The first-order valence-electron chi connectivity index (χ1n) is 7.74.